The SMILES string of the molecule is CCc1ccc(C(C)C(=O)N2CCC(N)C(C)(C)C2)cc1. The van der Waals surface area contributed by atoms with E-state index in [1.807, 2.05) is 11.8 Å². The molecule has 1 fully saturated rings. The predicted octanol–water partition coefficient (Wildman–Crippen LogP) is 2.94. The van der Waals surface area contributed by atoms with Crippen LogP contribution in [0.25, 0.3) is 0 Å². The quantitative estimate of drug-likeness (QED) is 0.929. The molecule has 1 aromatic carbocycles. The van der Waals surface area contributed by atoms with Gasteiger partial charge in [0.2, 0.25) is 5.91 Å². The molecule has 1 amide bonds. The molecule has 21 heavy (non-hydrogen) atoms. The average Bonchev–Trinajstić information content (AvgIpc) is 2.48. The Hall–Kier alpha value is -1.35. The Bertz CT molecular complexity index is 492. The summed E-state index contributed by atoms with van der Waals surface area (Å²) in [6.07, 6.45) is 1.92. The highest BCUT2D eigenvalue weighted by Gasteiger charge is 2.36. The van der Waals surface area contributed by atoms with E-state index in [2.05, 4.69) is 45.0 Å². The van der Waals surface area contributed by atoms with Crippen LogP contribution < -0.4 is 5.73 Å². The zero-order valence-electron chi connectivity index (χ0n) is 13.7. The number of amides is 1. The van der Waals surface area contributed by atoms with Gasteiger partial charge in [0.15, 0.2) is 0 Å². The molecule has 116 valence electrons. The molecule has 2 atom stereocenters. The third-order valence-electron chi connectivity index (χ3n) is 4.88. The highest BCUT2D eigenvalue weighted by Crippen LogP contribution is 2.30. The smallest absolute Gasteiger partial charge is 0.229 e. The first-order valence-electron chi connectivity index (χ1n) is 7.98. The highest BCUT2D eigenvalue weighted by atomic mass is 16.2. The number of carbonyl (C=O) groups excluding carboxylic acids is 1. The standard InChI is InChI=1S/C18H28N2O/c1-5-14-6-8-15(9-7-14)13(2)17(21)20-11-10-16(19)18(3,4)12-20/h6-9,13,16H,5,10-12,19H2,1-4H3. The van der Waals surface area contributed by atoms with E-state index >= 15 is 0 Å². The van der Waals surface area contributed by atoms with Gasteiger partial charge in [0.05, 0.1) is 5.92 Å². The van der Waals surface area contributed by atoms with E-state index in [4.69, 9.17) is 5.73 Å². The Labute approximate surface area is 128 Å². The number of piperidine rings is 1. The number of benzene rings is 1. The fraction of sp³-hybridized carbons (Fsp3) is 0.611. The number of carbonyl (C=O) groups is 1. The molecule has 1 aliphatic rings. The Morgan fingerprint density at radius 2 is 2.00 bits per heavy atom. The summed E-state index contributed by atoms with van der Waals surface area (Å²) >= 11 is 0. The Morgan fingerprint density at radius 3 is 2.52 bits per heavy atom. The summed E-state index contributed by atoms with van der Waals surface area (Å²) in [4.78, 5) is 14.7. The van der Waals surface area contributed by atoms with Crippen molar-refractivity contribution in [1.29, 1.82) is 0 Å². The maximum Gasteiger partial charge on any atom is 0.229 e. The molecule has 1 aliphatic heterocycles. The second-order valence-corrected chi connectivity index (χ2v) is 6.96. The van der Waals surface area contributed by atoms with E-state index in [-0.39, 0.29) is 23.3 Å². The summed E-state index contributed by atoms with van der Waals surface area (Å²) in [5.74, 6) is 0.139. The van der Waals surface area contributed by atoms with Crippen molar-refractivity contribution in [2.45, 2.75) is 52.5 Å². The molecule has 0 radical (unpaired) electrons. The van der Waals surface area contributed by atoms with Gasteiger partial charge in [-0.05, 0) is 36.3 Å². The van der Waals surface area contributed by atoms with Crippen LogP contribution in [0, 0.1) is 5.41 Å². The van der Waals surface area contributed by atoms with Crippen LogP contribution in [-0.4, -0.2) is 29.9 Å². The van der Waals surface area contributed by atoms with Crippen LogP contribution in [0.15, 0.2) is 24.3 Å². The topological polar surface area (TPSA) is 46.3 Å². The maximum absolute atomic E-state index is 12.7. The van der Waals surface area contributed by atoms with Crippen LogP contribution in [0.4, 0.5) is 0 Å². The van der Waals surface area contributed by atoms with Crippen molar-refractivity contribution in [2.75, 3.05) is 13.1 Å². The first kappa shape index (κ1) is 16.0. The summed E-state index contributed by atoms with van der Waals surface area (Å²) in [6, 6.07) is 8.59. The predicted molar refractivity (Wildman–Crippen MR) is 87.2 cm³/mol. The van der Waals surface area contributed by atoms with E-state index in [9.17, 15) is 4.79 Å². The number of aryl methyl sites for hydroxylation is 1. The largest absolute Gasteiger partial charge is 0.342 e. The minimum Gasteiger partial charge on any atom is -0.342 e. The normalized spacial score (nSPS) is 22.9. The van der Waals surface area contributed by atoms with Crippen molar-refractivity contribution in [2.24, 2.45) is 11.1 Å². The minimum atomic E-state index is -0.0824. The molecule has 0 aromatic heterocycles. The Morgan fingerprint density at radius 1 is 1.38 bits per heavy atom. The molecule has 3 heteroatoms. The molecule has 3 nitrogen and oxygen atoms in total. The first-order valence-corrected chi connectivity index (χ1v) is 7.98. The van der Waals surface area contributed by atoms with Crippen LogP contribution in [0.5, 0.6) is 0 Å². The summed E-state index contributed by atoms with van der Waals surface area (Å²) in [5.41, 5.74) is 8.57. The van der Waals surface area contributed by atoms with E-state index < -0.39 is 0 Å². The van der Waals surface area contributed by atoms with E-state index in [0.717, 1.165) is 31.5 Å². The molecular formula is C18H28N2O. The second-order valence-electron chi connectivity index (χ2n) is 6.96. The van der Waals surface area contributed by atoms with E-state index in [1.165, 1.54) is 5.56 Å². The highest BCUT2D eigenvalue weighted by molar-refractivity contribution is 5.83. The molecular weight excluding hydrogens is 260 g/mol. The molecule has 2 N–H and O–H groups in total. The first-order chi connectivity index (χ1) is 9.85. The number of nitrogens with zero attached hydrogens (tertiary/aromatic N) is 1. The van der Waals surface area contributed by atoms with Gasteiger partial charge in [-0.25, -0.2) is 0 Å². The van der Waals surface area contributed by atoms with Gasteiger partial charge in [-0.2, -0.15) is 0 Å². The van der Waals surface area contributed by atoms with Crippen LogP contribution >= 0.6 is 0 Å². The lowest BCUT2D eigenvalue weighted by Crippen LogP contribution is -2.54. The van der Waals surface area contributed by atoms with Crippen molar-refractivity contribution in [3.05, 3.63) is 35.4 Å². The van der Waals surface area contributed by atoms with Gasteiger partial charge in [-0.15, -0.1) is 0 Å². The fourth-order valence-electron chi connectivity index (χ4n) is 3.02. The van der Waals surface area contributed by atoms with Gasteiger partial charge in [0.25, 0.3) is 0 Å². The zero-order chi connectivity index (χ0) is 15.6. The van der Waals surface area contributed by atoms with Crippen LogP contribution in [0.3, 0.4) is 0 Å². The monoisotopic (exact) mass is 288 g/mol. The molecule has 0 saturated carbocycles. The van der Waals surface area contributed by atoms with Crippen molar-refractivity contribution in [1.82, 2.24) is 4.90 Å². The van der Waals surface area contributed by atoms with Gasteiger partial charge in [-0.1, -0.05) is 45.0 Å². The molecule has 0 aliphatic carbocycles. The third-order valence-corrected chi connectivity index (χ3v) is 4.88. The number of nitrogens with two attached hydrogens (primary N) is 1. The molecule has 1 aromatic rings. The van der Waals surface area contributed by atoms with E-state index in [1.54, 1.807) is 0 Å². The van der Waals surface area contributed by atoms with Crippen LogP contribution in [-0.2, 0) is 11.2 Å². The summed E-state index contributed by atoms with van der Waals surface area (Å²) < 4.78 is 0. The molecule has 0 bridgehead atoms. The average molecular weight is 288 g/mol. The van der Waals surface area contributed by atoms with Crippen molar-refractivity contribution < 1.29 is 4.79 Å². The van der Waals surface area contributed by atoms with Gasteiger partial charge in [0.1, 0.15) is 0 Å². The number of likely N-dealkylation sites (tertiary alicyclic amines) is 1. The molecule has 1 heterocycles. The number of rotatable bonds is 3. The van der Waals surface area contributed by atoms with Crippen molar-refractivity contribution >= 4 is 5.91 Å². The lowest BCUT2D eigenvalue weighted by atomic mass is 9.79. The van der Waals surface area contributed by atoms with Crippen LogP contribution in [0.2, 0.25) is 0 Å². The van der Waals surface area contributed by atoms with E-state index in [0.29, 0.717) is 0 Å². The summed E-state index contributed by atoms with van der Waals surface area (Å²) in [6.45, 7) is 9.98. The van der Waals surface area contributed by atoms with Gasteiger partial charge >= 0.3 is 0 Å². The van der Waals surface area contributed by atoms with Gasteiger partial charge in [0, 0.05) is 19.1 Å². The summed E-state index contributed by atoms with van der Waals surface area (Å²) in [7, 11) is 0. The molecule has 2 unspecified atom stereocenters. The van der Waals surface area contributed by atoms with Gasteiger partial charge < -0.3 is 10.6 Å². The minimum absolute atomic E-state index is 0.000300. The third kappa shape index (κ3) is 3.46. The maximum atomic E-state index is 12.7. The molecule has 0 spiro atoms. The molecule has 2 rings (SSSR count). The molecule has 1 saturated heterocycles. The van der Waals surface area contributed by atoms with Crippen molar-refractivity contribution in [3.8, 4) is 0 Å². The Balaban J connectivity index is 2.08. The van der Waals surface area contributed by atoms with Crippen LogP contribution in [0.1, 0.15) is 51.2 Å². The number of hydrogen-bond donors (Lipinski definition) is 1. The summed E-state index contributed by atoms with van der Waals surface area (Å²) in [5, 5.41) is 0. The lowest BCUT2D eigenvalue weighted by Gasteiger charge is -2.43. The number of hydrogen-bond acceptors (Lipinski definition) is 2. The van der Waals surface area contributed by atoms with Crippen molar-refractivity contribution in [3.63, 3.8) is 0 Å². The second kappa shape index (κ2) is 6.18. The zero-order valence-corrected chi connectivity index (χ0v) is 13.7. The fourth-order valence-corrected chi connectivity index (χ4v) is 3.02. The lowest BCUT2D eigenvalue weighted by molar-refractivity contribution is -0.135. The van der Waals surface area contributed by atoms with Gasteiger partial charge in [-0.3, -0.25) is 4.79 Å². The Kier molecular flexibility index (Phi) is 4.72.